The molecule has 17 heavy (non-hydrogen) atoms. The molecule has 0 saturated carbocycles. The number of hydrogen-bond donors (Lipinski definition) is 1. The van der Waals surface area contributed by atoms with Gasteiger partial charge in [0.2, 0.25) is 6.04 Å². The summed E-state index contributed by atoms with van der Waals surface area (Å²) in [5.41, 5.74) is -0.604. The highest BCUT2D eigenvalue weighted by molar-refractivity contribution is 5.63. The second kappa shape index (κ2) is 3.17. The van der Waals surface area contributed by atoms with Crippen molar-refractivity contribution in [3.05, 3.63) is 0 Å². The van der Waals surface area contributed by atoms with Crippen molar-refractivity contribution in [1.29, 1.82) is 0 Å². The van der Waals surface area contributed by atoms with E-state index in [9.17, 15) is 5.11 Å². The summed E-state index contributed by atoms with van der Waals surface area (Å²) in [4.78, 5) is 2.35. The first-order chi connectivity index (χ1) is 7.65. The van der Waals surface area contributed by atoms with E-state index in [0.29, 0.717) is 0 Å². The number of ether oxygens (including phenoxy) is 1. The van der Waals surface area contributed by atoms with Crippen LogP contribution < -0.4 is 0 Å². The molecule has 0 aromatic rings. The number of likely N-dealkylation sites (tertiary alicyclic amines) is 1. The van der Waals surface area contributed by atoms with Crippen molar-refractivity contribution >= 4 is 6.08 Å². The summed E-state index contributed by atoms with van der Waals surface area (Å²) in [7, 11) is 2.12. The van der Waals surface area contributed by atoms with Gasteiger partial charge >= 0.3 is 11.8 Å². The van der Waals surface area contributed by atoms with Gasteiger partial charge in [0.1, 0.15) is 0 Å². The highest BCUT2D eigenvalue weighted by Gasteiger charge is 2.66. The van der Waals surface area contributed by atoms with Crippen molar-refractivity contribution in [2.75, 3.05) is 7.05 Å². The van der Waals surface area contributed by atoms with Crippen LogP contribution in [-0.2, 0) is 4.74 Å². The second-order valence-corrected chi connectivity index (χ2v) is 6.33. The van der Waals surface area contributed by atoms with E-state index in [2.05, 4.69) is 45.7 Å². The van der Waals surface area contributed by atoms with E-state index in [0.717, 1.165) is 12.8 Å². The fraction of sp³-hybridized carbons (Fsp3) is 0.769. The number of rotatable bonds is 0. The smallest absolute Gasteiger partial charge is 0.429 e. The molecule has 1 fully saturated rings. The Labute approximate surface area is 103 Å². The molecule has 0 aromatic heterocycles. The average Bonchev–Trinajstić information content (AvgIpc) is 2.13. The van der Waals surface area contributed by atoms with Crippen LogP contribution in [0.25, 0.3) is 0 Å². The lowest BCUT2D eigenvalue weighted by Crippen LogP contribution is -2.71. The minimum atomic E-state index is -0.543. The molecule has 0 atom stereocenters. The first-order valence-corrected chi connectivity index (χ1v) is 5.90. The number of aliphatic hydroxyl groups excluding tert-OH is 1. The van der Waals surface area contributed by atoms with Crippen LogP contribution in [0.15, 0.2) is 0 Å². The lowest BCUT2D eigenvalue weighted by atomic mass is 9.74. The van der Waals surface area contributed by atoms with Gasteiger partial charge < -0.3 is 9.84 Å². The fourth-order valence-corrected chi connectivity index (χ4v) is 3.27. The van der Waals surface area contributed by atoms with E-state index in [1.807, 2.05) is 0 Å². The van der Waals surface area contributed by atoms with E-state index < -0.39 is 5.72 Å². The normalized spacial score (nSPS) is 29.4. The summed E-state index contributed by atoms with van der Waals surface area (Å²) in [6, 6.07) is 2.50. The zero-order valence-electron chi connectivity index (χ0n) is 11.2. The van der Waals surface area contributed by atoms with Gasteiger partial charge in [-0.3, -0.25) is 4.90 Å². The average molecular weight is 237 g/mol. The highest BCUT2D eigenvalue weighted by Crippen LogP contribution is 2.47. The van der Waals surface area contributed by atoms with E-state index in [-0.39, 0.29) is 17.2 Å². The van der Waals surface area contributed by atoms with Gasteiger partial charge in [-0.05, 0) is 45.7 Å². The van der Waals surface area contributed by atoms with Crippen LogP contribution in [0.2, 0.25) is 0 Å². The number of nitrogens with zero attached hydrogens (tertiary/aromatic N) is 2. The van der Waals surface area contributed by atoms with Crippen LogP contribution in [0, 0.1) is 12.5 Å². The Morgan fingerprint density at radius 2 is 1.76 bits per heavy atom. The van der Waals surface area contributed by atoms with E-state index >= 15 is 0 Å². The van der Waals surface area contributed by atoms with E-state index in [4.69, 9.17) is 11.2 Å². The molecule has 0 aromatic carbocycles. The molecule has 2 aliphatic heterocycles. The van der Waals surface area contributed by atoms with Crippen molar-refractivity contribution in [1.82, 2.24) is 4.90 Å². The lowest BCUT2D eigenvalue weighted by molar-refractivity contribution is -0.669. The molecule has 2 rings (SSSR count). The second-order valence-electron chi connectivity index (χ2n) is 6.33. The lowest BCUT2D eigenvalue weighted by Gasteiger charge is -2.55. The predicted molar refractivity (Wildman–Crippen MR) is 65.7 cm³/mol. The summed E-state index contributed by atoms with van der Waals surface area (Å²) in [6.45, 7) is 8.68. The van der Waals surface area contributed by atoms with Crippen molar-refractivity contribution in [3.8, 4) is 12.5 Å². The molecular formula is C13H21N2O2+. The SMILES string of the molecule is C#C[N+]1=C(O)OC12CC(C)(C)N(C)C(C)(C)C2. The first kappa shape index (κ1) is 12.3. The minimum Gasteiger partial charge on any atom is -0.429 e. The van der Waals surface area contributed by atoms with Crippen molar-refractivity contribution in [2.24, 2.45) is 0 Å². The van der Waals surface area contributed by atoms with Gasteiger partial charge in [0.05, 0.1) is 12.8 Å². The first-order valence-electron chi connectivity index (χ1n) is 5.90. The standard InChI is InChI=1S/C13H20N2O2/c1-7-15-10(16)17-13(15)8-11(2,3)14(6)12(4,5)9-13/h1H,8-9H2,2-6H3/p+1. The summed E-state index contributed by atoms with van der Waals surface area (Å²) in [6.07, 6.45) is 6.84. The molecule has 0 aliphatic carbocycles. The molecule has 0 bridgehead atoms. The quantitative estimate of drug-likeness (QED) is 0.512. The maximum absolute atomic E-state index is 9.50. The van der Waals surface area contributed by atoms with Crippen LogP contribution in [-0.4, -0.2) is 44.5 Å². The van der Waals surface area contributed by atoms with Crippen molar-refractivity contribution in [3.63, 3.8) is 0 Å². The van der Waals surface area contributed by atoms with Crippen LogP contribution >= 0.6 is 0 Å². The number of piperidine rings is 1. The zero-order valence-corrected chi connectivity index (χ0v) is 11.2. The Balaban J connectivity index is 2.41. The van der Waals surface area contributed by atoms with Gasteiger partial charge in [-0.15, -0.1) is 0 Å². The van der Waals surface area contributed by atoms with Crippen LogP contribution in [0.5, 0.6) is 0 Å². The molecule has 1 N–H and O–H groups in total. The molecule has 1 spiro atoms. The maximum atomic E-state index is 9.50. The van der Waals surface area contributed by atoms with Gasteiger partial charge in [0, 0.05) is 11.1 Å². The maximum Gasteiger partial charge on any atom is 0.571 e. The Kier molecular flexibility index (Phi) is 2.28. The van der Waals surface area contributed by atoms with Gasteiger partial charge in [0.25, 0.3) is 0 Å². The molecule has 94 valence electrons. The molecule has 4 heteroatoms. The molecule has 2 aliphatic rings. The largest absolute Gasteiger partial charge is 0.571 e. The summed E-state index contributed by atoms with van der Waals surface area (Å²) in [5, 5.41) is 9.50. The van der Waals surface area contributed by atoms with Gasteiger partial charge in [-0.25, -0.2) is 0 Å². The Morgan fingerprint density at radius 3 is 2.12 bits per heavy atom. The molecule has 1 saturated heterocycles. The van der Waals surface area contributed by atoms with Crippen molar-refractivity contribution < 1.29 is 14.4 Å². The highest BCUT2D eigenvalue weighted by atomic mass is 16.7. The summed E-state index contributed by atoms with van der Waals surface area (Å²) < 4.78 is 7.04. The molecule has 4 nitrogen and oxygen atoms in total. The molecular weight excluding hydrogens is 216 g/mol. The number of aliphatic hydroxyl groups is 1. The molecule has 0 radical (unpaired) electrons. The third-order valence-corrected chi connectivity index (χ3v) is 4.24. The van der Waals surface area contributed by atoms with Gasteiger partial charge in [-0.1, -0.05) is 0 Å². The summed E-state index contributed by atoms with van der Waals surface area (Å²) in [5.74, 6) is 0. The molecule has 2 heterocycles. The Bertz CT molecular complexity index is 411. The molecule has 0 unspecified atom stereocenters. The third-order valence-electron chi connectivity index (χ3n) is 4.24. The van der Waals surface area contributed by atoms with Gasteiger partial charge in [-0.2, -0.15) is 0 Å². The van der Waals surface area contributed by atoms with E-state index in [1.54, 1.807) is 0 Å². The van der Waals surface area contributed by atoms with Crippen LogP contribution in [0.3, 0.4) is 0 Å². The summed E-state index contributed by atoms with van der Waals surface area (Å²) >= 11 is 0. The fourth-order valence-electron chi connectivity index (χ4n) is 3.27. The van der Waals surface area contributed by atoms with Crippen molar-refractivity contribution in [2.45, 2.75) is 57.3 Å². The molecule has 0 amide bonds. The topological polar surface area (TPSA) is 35.7 Å². The van der Waals surface area contributed by atoms with Gasteiger partial charge in [0.15, 0.2) is 0 Å². The predicted octanol–water partition coefficient (Wildman–Crippen LogP) is 1.51. The van der Waals surface area contributed by atoms with E-state index in [1.165, 1.54) is 4.58 Å². The monoisotopic (exact) mass is 237 g/mol. The zero-order chi connectivity index (χ0) is 13.1. The number of hydrogen-bond acceptors (Lipinski definition) is 2. The van der Waals surface area contributed by atoms with Crippen LogP contribution in [0.4, 0.5) is 0 Å². The minimum absolute atomic E-state index is 0.0302. The Morgan fingerprint density at radius 1 is 1.29 bits per heavy atom. The third kappa shape index (κ3) is 1.53. The Hall–Kier alpha value is -1.21. The van der Waals surface area contributed by atoms with Crippen LogP contribution in [0.1, 0.15) is 40.5 Å². The number of terminal acetylenes is 1.